The van der Waals surface area contributed by atoms with Crippen LogP contribution in [0.1, 0.15) is 17.2 Å². The Balaban J connectivity index is 0.00000312. The Kier molecular flexibility index (Phi) is 10.1. The van der Waals surface area contributed by atoms with Crippen LogP contribution in [0.4, 0.5) is 0 Å². The van der Waals surface area contributed by atoms with Crippen molar-refractivity contribution in [2.45, 2.75) is 12.5 Å². The zero-order valence-electron chi connectivity index (χ0n) is 14.1. The van der Waals surface area contributed by atoms with Gasteiger partial charge in [0.15, 0.2) is 0 Å². The largest absolute Gasteiger partial charge is 1.00 e. The average molecular weight is 372 g/mol. The van der Waals surface area contributed by atoms with Crippen LogP contribution in [-0.2, 0) is 11.2 Å². The summed E-state index contributed by atoms with van der Waals surface area (Å²) in [7, 11) is 0. The van der Waals surface area contributed by atoms with Crippen LogP contribution in [0.25, 0.3) is 0 Å². The number of nitrogens with one attached hydrogen (secondary N) is 1. The quantitative estimate of drug-likeness (QED) is 0.407. The Bertz CT molecular complexity index is 666. The van der Waals surface area contributed by atoms with Crippen molar-refractivity contribution >= 4 is 17.6 Å². The molecule has 0 saturated carbocycles. The standard InChI is InChI=1S/C18H20ClNO4.Na/c19-15-3-1-2-14(10-15)17(21)11-20-9-8-13-4-6-16(7-5-13)24-12-18(22)23;/h1-7,10,17,20-21H,8-9,11-12H2,(H,22,23);/q;+1/p-1/t17-;/m0./s1. The second-order valence-corrected chi connectivity index (χ2v) is 5.77. The number of benzene rings is 2. The van der Waals surface area contributed by atoms with Crippen LogP contribution >= 0.6 is 11.6 Å². The summed E-state index contributed by atoms with van der Waals surface area (Å²) >= 11 is 5.91. The molecule has 5 nitrogen and oxygen atoms in total. The summed E-state index contributed by atoms with van der Waals surface area (Å²) < 4.78 is 5.02. The van der Waals surface area contributed by atoms with Gasteiger partial charge in [-0.2, -0.15) is 0 Å². The molecule has 7 heteroatoms. The van der Waals surface area contributed by atoms with Gasteiger partial charge in [-0.3, -0.25) is 0 Å². The van der Waals surface area contributed by atoms with Gasteiger partial charge in [-0.1, -0.05) is 35.9 Å². The smallest absolute Gasteiger partial charge is 0.546 e. The number of aliphatic hydroxyl groups excluding tert-OH is 1. The fourth-order valence-corrected chi connectivity index (χ4v) is 2.40. The Hall–Kier alpha value is -1.08. The van der Waals surface area contributed by atoms with Gasteiger partial charge in [-0.15, -0.1) is 0 Å². The number of carbonyl (C=O) groups is 1. The van der Waals surface area contributed by atoms with Crippen molar-refractivity contribution < 1.29 is 49.3 Å². The van der Waals surface area contributed by atoms with Crippen molar-refractivity contribution in [3.63, 3.8) is 0 Å². The first-order chi connectivity index (χ1) is 11.5. The Labute approximate surface area is 174 Å². The first-order valence-corrected chi connectivity index (χ1v) is 7.98. The fourth-order valence-electron chi connectivity index (χ4n) is 2.20. The van der Waals surface area contributed by atoms with E-state index in [1.807, 2.05) is 24.3 Å². The van der Waals surface area contributed by atoms with Crippen LogP contribution in [-0.4, -0.2) is 30.8 Å². The number of ether oxygens (including phenoxy) is 1. The molecule has 0 aliphatic rings. The number of carboxylic acids is 1. The Morgan fingerprint density at radius 1 is 1.24 bits per heavy atom. The molecule has 2 aromatic carbocycles. The van der Waals surface area contributed by atoms with E-state index in [9.17, 15) is 15.0 Å². The molecule has 0 spiro atoms. The van der Waals surface area contributed by atoms with E-state index in [-0.39, 0.29) is 29.6 Å². The van der Waals surface area contributed by atoms with Crippen molar-refractivity contribution in [1.29, 1.82) is 0 Å². The van der Waals surface area contributed by atoms with E-state index in [2.05, 4.69) is 5.32 Å². The minimum Gasteiger partial charge on any atom is -0.546 e. The first kappa shape index (κ1) is 22.0. The summed E-state index contributed by atoms with van der Waals surface area (Å²) in [5, 5.41) is 24.2. The summed E-state index contributed by atoms with van der Waals surface area (Å²) in [6.07, 6.45) is 0.173. The van der Waals surface area contributed by atoms with E-state index < -0.39 is 18.7 Å². The predicted octanol–water partition coefficient (Wildman–Crippen LogP) is -1.66. The maximum atomic E-state index is 10.3. The third-order valence-electron chi connectivity index (χ3n) is 3.44. The summed E-state index contributed by atoms with van der Waals surface area (Å²) in [5.41, 5.74) is 1.87. The molecule has 2 rings (SSSR count). The zero-order valence-corrected chi connectivity index (χ0v) is 16.8. The first-order valence-electron chi connectivity index (χ1n) is 7.60. The van der Waals surface area contributed by atoms with Crippen molar-refractivity contribution in [2.24, 2.45) is 0 Å². The molecule has 1 atom stereocenters. The number of aliphatic carboxylic acids is 1. The van der Waals surface area contributed by atoms with Crippen molar-refractivity contribution in [3.8, 4) is 5.75 Å². The molecule has 0 heterocycles. The summed E-state index contributed by atoms with van der Waals surface area (Å²) in [6.45, 7) is 0.687. The van der Waals surface area contributed by atoms with Crippen LogP contribution in [0.5, 0.6) is 5.75 Å². The van der Waals surface area contributed by atoms with Gasteiger partial charge >= 0.3 is 29.6 Å². The van der Waals surface area contributed by atoms with Gasteiger partial charge in [0.05, 0.1) is 12.1 Å². The van der Waals surface area contributed by atoms with Gasteiger partial charge < -0.3 is 25.1 Å². The van der Waals surface area contributed by atoms with Crippen LogP contribution in [0.2, 0.25) is 5.02 Å². The van der Waals surface area contributed by atoms with E-state index in [1.165, 1.54) is 0 Å². The van der Waals surface area contributed by atoms with Crippen LogP contribution in [0.15, 0.2) is 48.5 Å². The van der Waals surface area contributed by atoms with Crippen LogP contribution in [0, 0.1) is 0 Å². The average Bonchev–Trinajstić information content (AvgIpc) is 2.57. The van der Waals surface area contributed by atoms with E-state index >= 15 is 0 Å². The number of carboxylic acid groups (broad SMARTS) is 1. The van der Waals surface area contributed by atoms with Crippen LogP contribution in [0.3, 0.4) is 0 Å². The zero-order chi connectivity index (χ0) is 17.4. The molecule has 0 saturated heterocycles. The predicted molar refractivity (Wildman–Crippen MR) is 89.9 cm³/mol. The molecule has 0 aliphatic carbocycles. The van der Waals surface area contributed by atoms with E-state index in [0.29, 0.717) is 23.9 Å². The summed E-state index contributed by atoms with van der Waals surface area (Å²) in [5.74, 6) is -0.756. The monoisotopic (exact) mass is 371 g/mol. The van der Waals surface area contributed by atoms with Crippen molar-refractivity contribution in [3.05, 3.63) is 64.7 Å². The van der Waals surface area contributed by atoms with E-state index in [0.717, 1.165) is 17.5 Å². The molecular weight excluding hydrogens is 353 g/mol. The van der Waals surface area contributed by atoms with Gasteiger partial charge in [0, 0.05) is 11.6 Å². The Morgan fingerprint density at radius 3 is 2.60 bits per heavy atom. The van der Waals surface area contributed by atoms with E-state index in [1.54, 1.807) is 24.3 Å². The van der Waals surface area contributed by atoms with Crippen molar-refractivity contribution in [1.82, 2.24) is 5.32 Å². The summed E-state index contributed by atoms with van der Waals surface area (Å²) in [4.78, 5) is 10.3. The number of hydrogen-bond donors (Lipinski definition) is 2. The second-order valence-electron chi connectivity index (χ2n) is 5.33. The minimum atomic E-state index is -1.25. The molecule has 128 valence electrons. The van der Waals surface area contributed by atoms with Gasteiger partial charge in [0.2, 0.25) is 0 Å². The molecule has 2 aromatic rings. The SMILES string of the molecule is O=C([O-])COc1ccc(CCNC[C@H](O)c2cccc(Cl)c2)cc1.[Na+]. The molecule has 0 unspecified atom stereocenters. The molecule has 0 aromatic heterocycles. The third-order valence-corrected chi connectivity index (χ3v) is 3.68. The van der Waals surface area contributed by atoms with Gasteiger partial charge in [0.1, 0.15) is 12.4 Å². The van der Waals surface area contributed by atoms with E-state index in [4.69, 9.17) is 16.3 Å². The topological polar surface area (TPSA) is 81.6 Å². The van der Waals surface area contributed by atoms with Gasteiger partial charge in [0.25, 0.3) is 0 Å². The molecule has 0 fully saturated rings. The van der Waals surface area contributed by atoms with Gasteiger partial charge in [-0.25, -0.2) is 0 Å². The number of hydrogen-bond acceptors (Lipinski definition) is 5. The molecular formula is C18H19ClNNaO4. The Morgan fingerprint density at radius 2 is 1.96 bits per heavy atom. The third kappa shape index (κ3) is 8.23. The number of rotatable bonds is 9. The van der Waals surface area contributed by atoms with Crippen molar-refractivity contribution in [2.75, 3.05) is 19.7 Å². The molecule has 0 radical (unpaired) electrons. The molecule has 0 amide bonds. The summed E-state index contributed by atoms with van der Waals surface area (Å²) in [6, 6.07) is 14.4. The molecule has 0 bridgehead atoms. The fraction of sp³-hybridized carbons (Fsp3) is 0.278. The maximum Gasteiger partial charge on any atom is 1.00 e. The van der Waals surface area contributed by atoms with Crippen LogP contribution < -0.4 is 44.7 Å². The minimum absolute atomic E-state index is 0. The molecule has 25 heavy (non-hydrogen) atoms. The normalized spacial score (nSPS) is 11.4. The number of halogens is 1. The number of carbonyl (C=O) groups excluding carboxylic acids is 1. The second kappa shape index (κ2) is 11.5. The maximum absolute atomic E-state index is 10.3. The molecule has 0 aliphatic heterocycles. The molecule has 2 N–H and O–H groups in total. The number of aliphatic hydroxyl groups is 1. The van der Waals surface area contributed by atoms with Gasteiger partial charge in [-0.05, 0) is 48.4 Å².